The van der Waals surface area contributed by atoms with Gasteiger partial charge in [0.25, 0.3) is 12.3 Å². The molecule has 336 valence electrons. The van der Waals surface area contributed by atoms with E-state index in [2.05, 4.69) is 40.4 Å². The van der Waals surface area contributed by atoms with Gasteiger partial charge in [0, 0.05) is 122 Å². The Bertz CT molecular complexity index is 2350. The first kappa shape index (κ1) is 45.3. The van der Waals surface area contributed by atoms with Crippen LogP contribution in [-0.2, 0) is 29.0 Å². The molecule has 3 aliphatic heterocycles. The van der Waals surface area contributed by atoms with Crippen molar-refractivity contribution in [3.8, 4) is 0 Å². The summed E-state index contributed by atoms with van der Waals surface area (Å²) in [7, 11) is 1.58. The van der Waals surface area contributed by atoms with Crippen LogP contribution in [0.15, 0.2) is 47.7 Å². The van der Waals surface area contributed by atoms with Crippen molar-refractivity contribution in [1.29, 1.82) is 0 Å². The number of aliphatic imine (C=N–C) groups is 1. The number of nitrogens with zero attached hydrogens (tertiary/aromatic N) is 7. The number of carbonyl (C=O) groups is 3. The number of fused-ring (bicyclic) bond motifs is 2. The minimum absolute atomic E-state index is 0.00894. The standard InChI is InChI=1S/C46H59F2N11O3S/c1-29-21-34(10-11-36(29)45(62)54-46-53-25-30(2)63-46)51-15-6-5-7-16-52-42(61)28-56-18-12-35(13-19-56)59-40-14-20-57(31(3)60)27-39(40)44(55-59)58-17-8-9-32-22-37(33(24-49)26-50-4)38(43(47)48)23-41(32)58/h10-11,21-26,35,43,51H,5-9,12-20,27-28,49H2,1-4H3,(H,52,61)(H,53,54,62). The molecule has 0 unspecified atom stereocenters. The van der Waals surface area contributed by atoms with Crippen molar-refractivity contribution in [3.63, 3.8) is 0 Å². The maximum atomic E-state index is 14.6. The van der Waals surface area contributed by atoms with E-state index in [1.165, 1.54) is 23.8 Å². The maximum Gasteiger partial charge on any atom is 0.264 e. The number of halogens is 2. The molecule has 3 amide bonds. The van der Waals surface area contributed by atoms with E-state index in [1.807, 2.05) is 43.0 Å². The number of nitrogens with one attached hydrogen (secondary N) is 3. The number of aryl methyl sites for hydroxylation is 3. The van der Waals surface area contributed by atoms with Gasteiger partial charge < -0.3 is 26.2 Å². The molecule has 0 spiro atoms. The van der Waals surface area contributed by atoms with Crippen LogP contribution >= 0.6 is 11.3 Å². The summed E-state index contributed by atoms with van der Waals surface area (Å²) in [5, 5.41) is 15.3. The molecular weight excluding hydrogens is 825 g/mol. The van der Waals surface area contributed by atoms with Crippen molar-refractivity contribution in [1.82, 2.24) is 29.9 Å². The zero-order chi connectivity index (χ0) is 44.6. The highest BCUT2D eigenvalue weighted by Crippen LogP contribution is 2.43. The van der Waals surface area contributed by atoms with Crippen LogP contribution in [0, 0.1) is 13.8 Å². The van der Waals surface area contributed by atoms with Gasteiger partial charge in [-0.25, -0.2) is 13.8 Å². The Morgan fingerprint density at radius 3 is 2.51 bits per heavy atom. The molecule has 1 fully saturated rings. The molecular formula is C46H59F2N11O3S. The van der Waals surface area contributed by atoms with E-state index in [0.717, 1.165) is 103 Å². The quantitative estimate of drug-likeness (QED) is 0.0675. The van der Waals surface area contributed by atoms with Crippen molar-refractivity contribution in [2.24, 2.45) is 10.7 Å². The Hall–Kier alpha value is -5.68. The molecule has 14 nitrogen and oxygen atoms in total. The van der Waals surface area contributed by atoms with Crippen molar-refractivity contribution < 1.29 is 23.2 Å². The molecule has 63 heavy (non-hydrogen) atoms. The Kier molecular flexibility index (Phi) is 14.9. The van der Waals surface area contributed by atoms with E-state index in [0.29, 0.717) is 66.7 Å². The molecule has 17 heteroatoms. The lowest BCUT2D eigenvalue weighted by Gasteiger charge is -2.33. The van der Waals surface area contributed by atoms with E-state index in [-0.39, 0.29) is 29.3 Å². The third kappa shape index (κ3) is 10.8. The van der Waals surface area contributed by atoms with Gasteiger partial charge in [0.1, 0.15) is 0 Å². The fourth-order valence-electron chi connectivity index (χ4n) is 8.93. The number of aromatic nitrogens is 3. The van der Waals surface area contributed by atoms with Crippen LogP contribution in [0.1, 0.15) is 107 Å². The smallest absolute Gasteiger partial charge is 0.264 e. The molecule has 3 aliphatic rings. The highest BCUT2D eigenvalue weighted by molar-refractivity contribution is 7.15. The van der Waals surface area contributed by atoms with Crippen LogP contribution in [0.3, 0.4) is 0 Å². The van der Waals surface area contributed by atoms with Crippen LogP contribution < -0.4 is 26.6 Å². The van der Waals surface area contributed by atoms with Crippen LogP contribution in [-0.4, -0.2) is 101 Å². The highest BCUT2D eigenvalue weighted by Gasteiger charge is 2.35. The lowest BCUT2D eigenvalue weighted by atomic mass is 9.92. The monoisotopic (exact) mass is 883 g/mol. The first-order valence-electron chi connectivity index (χ1n) is 21.9. The number of hydrogen-bond donors (Lipinski definition) is 4. The molecule has 2 aromatic carbocycles. The Morgan fingerprint density at radius 1 is 1.02 bits per heavy atom. The summed E-state index contributed by atoms with van der Waals surface area (Å²) in [5.41, 5.74) is 12.7. The third-order valence-corrected chi connectivity index (χ3v) is 13.0. The molecule has 0 radical (unpaired) electrons. The van der Waals surface area contributed by atoms with Crippen LogP contribution in [0.5, 0.6) is 0 Å². The van der Waals surface area contributed by atoms with Crippen LogP contribution in [0.25, 0.3) is 5.57 Å². The minimum Gasteiger partial charge on any atom is -0.404 e. The van der Waals surface area contributed by atoms with Crippen molar-refractivity contribution >= 4 is 63.2 Å². The average Bonchev–Trinajstić information content (AvgIpc) is 3.86. The zero-order valence-corrected chi connectivity index (χ0v) is 37.5. The number of rotatable bonds is 16. The van der Waals surface area contributed by atoms with Gasteiger partial charge in [-0.05, 0) is 106 Å². The summed E-state index contributed by atoms with van der Waals surface area (Å²) in [6.07, 6.45) is 8.45. The number of unbranched alkanes of at least 4 members (excludes halogenated alkanes) is 2. The van der Waals surface area contributed by atoms with Gasteiger partial charge in [0.15, 0.2) is 10.9 Å². The van der Waals surface area contributed by atoms with Gasteiger partial charge in [-0.1, -0.05) is 0 Å². The largest absolute Gasteiger partial charge is 0.404 e. The molecule has 0 aliphatic carbocycles. The fourth-order valence-corrected chi connectivity index (χ4v) is 9.59. The number of benzene rings is 2. The predicted molar refractivity (Wildman–Crippen MR) is 246 cm³/mol. The molecule has 7 rings (SSSR count). The molecule has 0 saturated carbocycles. The average molecular weight is 884 g/mol. The van der Waals surface area contributed by atoms with Gasteiger partial charge >= 0.3 is 0 Å². The second-order valence-corrected chi connectivity index (χ2v) is 17.9. The number of hydrogen-bond acceptors (Lipinski definition) is 11. The first-order chi connectivity index (χ1) is 30.4. The summed E-state index contributed by atoms with van der Waals surface area (Å²) in [5.74, 6) is 0.563. The summed E-state index contributed by atoms with van der Waals surface area (Å²) in [6.45, 7) is 10.3. The van der Waals surface area contributed by atoms with Gasteiger partial charge in [0.2, 0.25) is 11.8 Å². The highest BCUT2D eigenvalue weighted by atomic mass is 32.1. The van der Waals surface area contributed by atoms with Crippen LogP contribution in [0.2, 0.25) is 0 Å². The van der Waals surface area contributed by atoms with Gasteiger partial charge in [-0.15, -0.1) is 11.3 Å². The number of nitrogens with two attached hydrogens (primary N) is 1. The molecule has 5 N–H and O–H groups in total. The van der Waals surface area contributed by atoms with Crippen molar-refractivity contribution in [2.45, 2.75) is 91.1 Å². The number of anilines is 4. The number of likely N-dealkylation sites (tertiary alicyclic amines) is 1. The summed E-state index contributed by atoms with van der Waals surface area (Å²) < 4.78 is 31.4. The summed E-state index contributed by atoms with van der Waals surface area (Å²) in [6, 6.07) is 9.24. The van der Waals surface area contributed by atoms with Gasteiger partial charge in [-0.2, -0.15) is 5.10 Å². The number of thiazole rings is 1. The number of piperidine rings is 1. The second kappa shape index (κ2) is 20.7. The fraction of sp³-hybridized carbons (Fsp3) is 0.478. The topological polar surface area (TPSA) is 166 Å². The summed E-state index contributed by atoms with van der Waals surface area (Å²) in [4.78, 5) is 53.6. The first-order valence-corrected chi connectivity index (χ1v) is 22.8. The minimum atomic E-state index is -2.72. The maximum absolute atomic E-state index is 14.6. The third-order valence-electron chi connectivity index (χ3n) is 12.2. The van der Waals surface area contributed by atoms with E-state index >= 15 is 0 Å². The van der Waals surface area contributed by atoms with E-state index < -0.39 is 6.43 Å². The molecule has 4 aromatic rings. The SMILES string of the molecule is CN=CC(=CN)c1cc2c(cc1C(F)F)N(c1nn(C3CCN(CC(=O)NCCCCCNc4ccc(C(=O)Nc5ncc(C)s5)c(C)c4)CC3)c3c1CN(C(C)=O)CC3)CCC2. The Labute approximate surface area is 372 Å². The van der Waals surface area contributed by atoms with E-state index in [9.17, 15) is 23.2 Å². The molecule has 2 aromatic heterocycles. The Morgan fingerprint density at radius 2 is 1.81 bits per heavy atom. The normalized spacial score (nSPS) is 16.1. The van der Waals surface area contributed by atoms with E-state index in [4.69, 9.17) is 10.8 Å². The molecule has 0 atom stereocenters. The van der Waals surface area contributed by atoms with Gasteiger partial charge in [0.05, 0.1) is 19.1 Å². The van der Waals surface area contributed by atoms with Crippen LogP contribution in [0.4, 0.5) is 31.1 Å². The van der Waals surface area contributed by atoms with Crippen molar-refractivity contribution in [2.75, 3.05) is 68.4 Å². The lowest BCUT2D eigenvalue weighted by molar-refractivity contribution is -0.129. The van der Waals surface area contributed by atoms with Gasteiger partial charge in [-0.3, -0.25) is 34.3 Å². The van der Waals surface area contributed by atoms with Crippen molar-refractivity contribution in [3.05, 3.63) is 86.7 Å². The number of amides is 3. The van der Waals surface area contributed by atoms with E-state index in [1.54, 1.807) is 26.2 Å². The Balaban J connectivity index is 0.903. The molecule has 1 saturated heterocycles. The molecule has 5 heterocycles. The number of alkyl halides is 2. The number of allylic oxidation sites excluding steroid dienone is 1. The second-order valence-electron chi connectivity index (χ2n) is 16.6. The summed E-state index contributed by atoms with van der Waals surface area (Å²) >= 11 is 1.45. The molecule has 0 bridgehead atoms. The lowest BCUT2D eigenvalue weighted by Crippen LogP contribution is -2.42. The predicted octanol–water partition coefficient (Wildman–Crippen LogP) is 7.17. The number of carbonyl (C=O) groups excluding carboxylic acids is 3. The zero-order valence-electron chi connectivity index (χ0n) is 36.7.